The predicted octanol–water partition coefficient (Wildman–Crippen LogP) is 5.46. The topological polar surface area (TPSA) is 40.6 Å². The number of aromatic nitrogens is 1. The Labute approximate surface area is 158 Å². The van der Waals surface area contributed by atoms with E-state index in [1.807, 2.05) is 12.1 Å². The molecule has 0 amide bonds. The van der Waals surface area contributed by atoms with Crippen molar-refractivity contribution in [2.45, 2.75) is 19.8 Å². The molecule has 0 aliphatic heterocycles. The molecule has 0 radical (unpaired) electrons. The Morgan fingerprint density at radius 3 is 2.12 bits per heavy atom. The fourth-order valence-electron chi connectivity index (χ4n) is 2.99. The molecule has 0 unspecified atom stereocenters. The van der Waals surface area contributed by atoms with Crippen LogP contribution in [-0.4, -0.2) is 25.7 Å². The lowest BCUT2D eigenvalue weighted by Crippen LogP contribution is -1.95. The van der Waals surface area contributed by atoms with Crippen molar-refractivity contribution in [3.05, 3.63) is 47.3 Å². The molecule has 136 valence electrons. The Hall–Kier alpha value is -2.53. The van der Waals surface area contributed by atoms with Crippen LogP contribution in [0.5, 0.6) is 17.2 Å². The van der Waals surface area contributed by atoms with Crippen LogP contribution in [0.2, 0.25) is 0 Å². The van der Waals surface area contributed by atoms with E-state index < -0.39 is 0 Å². The summed E-state index contributed by atoms with van der Waals surface area (Å²) in [7, 11) is 4.89. The minimum absolute atomic E-state index is 0.633. The van der Waals surface area contributed by atoms with E-state index in [4.69, 9.17) is 14.2 Å². The maximum atomic E-state index is 5.58. The van der Waals surface area contributed by atoms with E-state index in [0.717, 1.165) is 35.2 Å². The normalized spacial score (nSPS) is 10.6. The van der Waals surface area contributed by atoms with Crippen LogP contribution in [-0.2, 0) is 6.42 Å². The minimum atomic E-state index is 0.633. The first-order valence-electron chi connectivity index (χ1n) is 8.55. The summed E-state index contributed by atoms with van der Waals surface area (Å²) in [5.74, 6) is 1.99. The highest BCUT2D eigenvalue weighted by Gasteiger charge is 2.19. The molecule has 0 aliphatic rings. The van der Waals surface area contributed by atoms with E-state index in [9.17, 15) is 0 Å². The fourth-order valence-corrected chi connectivity index (χ4v) is 3.70. The Morgan fingerprint density at radius 2 is 1.50 bits per heavy atom. The van der Waals surface area contributed by atoms with Crippen molar-refractivity contribution in [2.24, 2.45) is 0 Å². The van der Waals surface area contributed by atoms with E-state index in [1.165, 1.54) is 17.1 Å². The highest BCUT2D eigenvalue weighted by molar-refractivity contribution is 7.04. The van der Waals surface area contributed by atoms with E-state index in [1.54, 1.807) is 21.3 Å². The molecule has 4 nitrogen and oxygen atoms in total. The lowest BCUT2D eigenvalue weighted by atomic mass is 9.99. The van der Waals surface area contributed by atoms with Crippen molar-refractivity contribution in [1.29, 1.82) is 0 Å². The molecule has 0 bridgehead atoms. The van der Waals surface area contributed by atoms with E-state index in [-0.39, 0.29) is 0 Å². The summed E-state index contributed by atoms with van der Waals surface area (Å²) in [6.07, 6.45) is 2.24. The molecular formula is C21H23NO3S. The highest BCUT2D eigenvalue weighted by atomic mass is 32.1. The average molecular weight is 369 g/mol. The summed E-state index contributed by atoms with van der Waals surface area (Å²) in [6, 6.07) is 12.4. The number of nitrogens with zero attached hydrogens (tertiary/aromatic N) is 1. The summed E-state index contributed by atoms with van der Waals surface area (Å²) in [5, 5.41) is 2.07. The fraction of sp³-hybridized carbons (Fsp3) is 0.286. The maximum absolute atomic E-state index is 5.58. The zero-order valence-corrected chi connectivity index (χ0v) is 16.4. The molecule has 0 fully saturated rings. The second-order valence-corrected chi connectivity index (χ2v) is 6.56. The van der Waals surface area contributed by atoms with Gasteiger partial charge in [0.25, 0.3) is 0 Å². The summed E-state index contributed by atoms with van der Waals surface area (Å²) in [4.78, 5) is 0. The number of aryl methyl sites for hydroxylation is 1. The van der Waals surface area contributed by atoms with Crippen LogP contribution >= 0.6 is 11.5 Å². The third-order valence-corrected chi connectivity index (χ3v) is 4.96. The van der Waals surface area contributed by atoms with Crippen LogP contribution in [0.25, 0.3) is 22.4 Å². The average Bonchev–Trinajstić information content (AvgIpc) is 3.17. The van der Waals surface area contributed by atoms with Crippen molar-refractivity contribution >= 4 is 11.5 Å². The number of hydrogen-bond donors (Lipinski definition) is 0. The standard InChI is InChI=1S/C21H23NO3S/c1-5-6-14-7-9-15(10-8-14)17-13-26-22-21(17)16-11-19(24-3)20(25-4)12-18(16)23-2/h7-13H,5-6H2,1-4H3. The number of hydrogen-bond acceptors (Lipinski definition) is 5. The van der Waals surface area contributed by atoms with Gasteiger partial charge in [-0.05, 0) is 35.1 Å². The molecule has 3 aromatic rings. The van der Waals surface area contributed by atoms with Crippen LogP contribution in [0.1, 0.15) is 18.9 Å². The Kier molecular flexibility index (Phi) is 5.78. The Bertz CT molecular complexity index is 871. The summed E-state index contributed by atoms with van der Waals surface area (Å²) in [6.45, 7) is 2.19. The van der Waals surface area contributed by atoms with Crippen LogP contribution in [0, 0.1) is 0 Å². The zero-order valence-electron chi connectivity index (χ0n) is 15.5. The molecule has 1 heterocycles. The van der Waals surface area contributed by atoms with Gasteiger partial charge in [0.2, 0.25) is 0 Å². The second kappa shape index (κ2) is 8.23. The summed E-state index contributed by atoms with van der Waals surface area (Å²) in [5.41, 5.74) is 5.36. The van der Waals surface area contributed by atoms with Crippen molar-refractivity contribution in [3.63, 3.8) is 0 Å². The highest BCUT2D eigenvalue weighted by Crippen LogP contribution is 2.43. The molecule has 0 aliphatic carbocycles. The number of rotatable bonds is 7. The van der Waals surface area contributed by atoms with Crippen LogP contribution < -0.4 is 14.2 Å². The molecule has 0 spiro atoms. The first-order chi connectivity index (χ1) is 12.7. The predicted molar refractivity (Wildman–Crippen MR) is 107 cm³/mol. The van der Waals surface area contributed by atoms with Crippen LogP contribution in [0.3, 0.4) is 0 Å². The quantitative estimate of drug-likeness (QED) is 0.555. The maximum Gasteiger partial charge on any atom is 0.164 e. The molecule has 26 heavy (non-hydrogen) atoms. The molecule has 0 saturated carbocycles. The van der Waals surface area contributed by atoms with Crippen molar-refractivity contribution in [3.8, 4) is 39.6 Å². The smallest absolute Gasteiger partial charge is 0.164 e. The van der Waals surface area contributed by atoms with Gasteiger partial charge in [0.1, 0.15) is 5.75 Å². The van der Waals surface area contributed by atoms with Crippen molar-refractivity contribution in [2.75, 3.05) is 21.3 Å². The van der Waals surface area contributed by atoms with Gasteiger partial charge >= 0.3 is 0 Å². The van der Waals surface area contributed by atoms with Crippen molar-refractivity contribution in [1.82, 2.24) is 4.37 Å². The second-order valence-electron chi connectivity index (χ2n) is 5.93. The number of methoxy groups -OCH3 is 3. The summed E-state index contributed by atoms with van der Waals surface area (Å²) >= 11 is 1.44. The summed E-state index contributed by atoms with van der Waals surface area (Å²) < 4.78 is 21.0. The number of benzene rings is 2. The van der Waals surface area contributed by atoms with Gasteiger partial charge in [0.05, 0.1) is 27.0 Å². The molecule has 0 atom stereocenters. The largest absolute Gasteiger partial charge is 0.496 e. The third-order valence-electron chi connectivity index (χ3n) is 4.33. The minimum Gasteiger partial charge on any atom is -0.496 e. The third kappa shape index (κ3) is 3.53. The van der Waals surface area contributed by atoms with Gasteiger partial charge in [0.15, 0.2) is 11.5 Å². The van der Waals surface area contributed by atoms with Crippen molar-refractivity contribution < 1.29 is 14.2 Å². The SMILES string of the molecule is CCCc1ccc(-c2csnc2-c2cc(OC)c(OC)cc2OC)cc1. The molecule has 0 saturated heterocycles. The molecule has 2 aromatic carbocycles. The van der Waals surface area contributed by atoms with Gasteiger partial charge in [0, 0.05) is 22.6 Å². The monoisotopic (exact) mass is 369 g/mol. The Balaban J connectivity index is 2.08. The number of ether oxygens (including phenoxy) is 3. The van der Waals surface area contributed by atoms with E-state index >= 15 is 0 Å². The van der Waals surface area contributed by atoms with Gasteiger partial charge in [-0.2, -0.15) is 4.37 Å². The molecular weight excluding hydrogens is 346 g/mol. The van der Waals surface area contributed by atoms with E-state index in [0.29, 0.717) is 17.2 Å². The molecule has 3 rings (SSSR count). The van der Waals surface area contributed by atoms with Gasteiger partial charge < -0.3 is 14.2 Å². The Morgan fingerprint density at radius 1 is 0.846 bits per heavy atom. The lowest BCUT2D eigenvalue weighted by molar-refractivity contribution is 0.349. The zero-order chi connectivity index (χ0) is 18.5. The molecule has 5 heteroatoms. The molecule has 1 aromatic heterocycles. The first-order valence-corrected chi connectivity index (χ1v) is 9.39. The van der Waals surface area contributed by atoms with Crippen LogP contribution in [0.15, 0.2) is 41.8 Å². The lowest BCUT2D eigenvalue weighted by Gasteiger charge is -2.14. The van der Waals surface area contributed by atoms with Gasteiger partial charge in [-0.3, -0.25) is 0 Å². The molecule has 0 N–H and O–H groups in total. The van der Waals surface area contributed by atoms with Gasteiger partial charge in [-0.15, -0.1) is 0 Å². The van der Waals surface area contributed by atoms with E-state index in [2.05, 4.69) is 40.9 Å². The van der Waals surface area contributed by atoms with Crippen LogP contribution in [0.4, 0.5) is 0 Å². The first kappa shape index (κ1) is 18.3. The van der Waals surface area contributed by atoms with Gasteiger partial charge in [-0.25, -0.2) is 0 Å². The van der Waals surface area contributed by atoms with Gasteiger partial charge in [-0.1, -0.05) is 37.6 Å².